The lowest BCUT2D eigenvalue weighted by Gasteiger charge is -2.33. The molecule has 2 aromatic heterocycles. The summed E-state index contributed by atoms with van der Waals surface area (Å²) in [7, 11) is -1.51. The van der Waals surface area contributed by atoms with E-state index >= 15 is 0 Å². The van der Waals surface area contributed by atoms with E-state index in [1.54, 1.807) is 19.6 Å². The predicted molar refractivity (Wildman–Crippen MR) is 138 cm³/mol. The zero-order valence-electron chi connectivity index (χ0n) is 20.3. The molecule has 5 rings (SSSR count). The summed E-state index contributed by atoms with van der Waals surface area (Å²) in [5, 5.41) is 4.11. The molecule has 1 saturated heterocycles. The molecule has 36 heavy (non-hydrogen) atoms. The molecule has 1 fully saturated rings. The van der Waals surface area contributed by atoms with Crippen LogP contribution in [-0.4, -0.2) is 86.6 Å². The Hall–Kier alpha value is -3.35. The largest absolute Gasteiger partial charge is 0.493 e. The van der Waals surface area contributed by atoms with Crippen molar-refractivity contribution in [3.8, 4) is 17.2 Å². The van der Waals surface area contributed by atoms with Crippen molar-refractivity contribution in [1.29, 1.82) is 0 Å². The molecule has 192 valence electrons. The average Bonchev–Trinajstić information content (AvgIpc) is 3.34. The molecule has 0 spiro atoms. The van der Waals surface area contributed by atoms with Crippen molar-refractivity contribution >= 4 is 33.1 Å². The SMILES string of the molecule is COc1cc2c(cc1OCCCN1CCN(S(C)(=O)=O)CC1)C(Oc1cnc3[nH]ccc3c1)N=CN2. The van der Waals surface area contributed by atoms with E-state index < -0.39 is 16.3 Å². The Balaban J connectivity index is 1.21. The van der Waals surface area contributed by atoms with Crippen LogP contribution in [0.3, 0.4) is 0 Å². The smallest absolute Gasteiger partial charge is 0.219 e. The molecule has 1 unspecified atom stereocenters. The van der Waals surface area contributed by atoms with Crippen LogP contribution in [0.5, 0.6) is 17.2 Å². The highest BCUT2D eigenvalue weighted by atomic mass is 32.2. The first-order chi connectivity index (χ1) is 17.4. The number of hydrogen-bond donors (Lipinski definition) is 2. The highest BCUT2D eigenvalue weighted by Crippen LogP contribution is 2.39. The fraction of sp³-hybridized carbons (Fsp3) is 0.417. The average molecular weight is 515 g/mol. The number of hydrogen-bond acceptors (Lipinski definition) is 9. The normalized spacial score (nSPS) is 18.6. The van der Waals surface area contributed by atoms with Gasteiger partial charge in [0.2, 0.25) is 16.3 Å². The van der Waals surface area contributed by atoms with Crippen molar-refractivity contribution in [2.45, 2.75) is 12.6 Å². The van der Waals surface area contributed by atoms with Crippen LogP contribution in [0.2, 0.25) is 0 Å². The number of aliphatic imine (C=N–C) groups is 1. The van der Waals surface area contributed by atoms with Gasteiger partial charge in [-0.25, -0.2) is 18.4 Å². The van der Waals surface area contributed by atoms with Gasteiger partial charge in [0.25, 0.3) is 0 Å². The fourth-order valence-corrected chi connectivity index (χ4v) is 5.22. The molecule has 11 nitrogen and oxygen atoms in total. The van der Waals surface area contributed by atoms with E-state index in [4.69, 9.17) is 14.2 Å². The van der Waals surface area contributed by atoms with E-state index in [-0.39, 0.29) is 0 Å². The van der Waals surface area contributed by atoms with Crippen molar-refractivity contribution in [1.82, 2.24) is 19.2 Å². The molecule has 0 saturated carbocycles. The van der Waals surface area contributed by atoms with Gasteiger partial charge >= 0.3 is 0 Å². The molecule has 0 radical (unpaired) electrons. The van der Waals surface area contributed by atoms with Crippen LogP contribution in [0, 0.1) is 0 Å². The van der Waals surface area contributed by atoms with Gasteiger partial charge in [-0.15, -0.1) is 0 Å². The highest BCUT2D eigenvalue weighted by Gasteiger charge is 2.24. The number of nitrogens with zero attached hydrogens (tertiary/aromatic N) is 4. The van der Waals surface area contributed by atoms with Crippen LogP contribution >= 0.6 is 0 Å². The predicted octanol–water partition coefficient (Wildman–Crippen LogP) is 2.45. The van der Waals surface area contributed by atoms with Gasteiger partial charge in [-0.3, -0.25) is 0 Å². The number of H-pyrrole nitrogens is 1. The minimum Gasteiger partial charge on any atom is -0.493 e. The third-order valence-corrected chi connectivity index (χ3v) is 7.63. The van der Waals surface area contributed by atoms with E-state index in [1.165, 1.54) is 10.6 Å². The first-order valence-electron chi connectivity index (χ1n) is 11.8. The molecular formula is C24H30N6O5S. The Morgan fingerprint density at radius 2 is 1.97 bits per heavy atom. The maximum Gasteiger partial charge on any atom is 0.219 e. The van der Waals surface area contributed by atoms with Crippen molar-refractivity contribution in [3.63, 3.8) is 0 Å². The summed E-state index contributed by atoms with van der Waals surface area (Å²) in [6.45, 7) is 3.83. The third-order valence-electron chi connectivity index (χ3n) is 6.33. The second-order valence-electron chi connectivity index (χ2n) is 8.78. The number of methoxy groups -OCH3 is 1. The van der Waals surface area contributed by atoms with Gasteiger partial charge in [0.15, 0.2) is 11.5 Å². The molecule has 0 amide bonds. The number of benzene rings is 1. The van der Waals surface area contributed by atoms with Gasteiger partial charge in [-0.1, -0.05) is 0 Å². The minimum atomic E-state index is -3.12. The molecule has 0 bridgehead atoms. The Morgan fingerprint density at radius 3 is 2.75 bits per heavy atom. The second kappa shape index (κ2) is 10.3. The number of piperazine rings is 1. The quantitative estimate of drug-likeness (QED) is 0.418. The molecular weight excluding hydrogens is 484 g/mol. The van der Waals surface area contributed by atoms with Crippen LogP contribution in [0.25, 0.3) is 11.0 Å². The van der Waals surface area contributed by atoms with Crippen LogP contribution in [-0.2, 0) is 10.0 Å². The Morgan fingerprint density at radius 1 is 1.14 bits per heavy atom. The summed E-state index contributed by atoms with van der Waals surface area (Å²) < 4.78 is 42.7. The summed E-state index contributed by atoms with van der Waals surface area (Å²) in [6, 6.07) is 7.64. The number of pyridine rings is 1. The number of fused-ring (bicyclic) bond motifs is 2. The van der Waals surface area contributed by atoms with Gasteiger partial charge in [0.05, 0.1) is 38.2 Å². The van der Waals surface area contributed by atoms with Gasteiger partial charge in [-0.2, -0.15) is 4.31 Å². The molecule has 3 aromatic rings. The van der Waals surface area contributed by atoms with Crippen LogP contribution in [0.15, 0.2) is 41.7 Å². The third kappa shape index (κ3) is 5.40. The van der Waals surface area contributed by atoms with E-state index in [2.05, 4.69) is 25.2 Å². The summed E-state index contributed by atoms with van der Waals surface area (Å²) in [5.41, 5.74) is 2.47. The molecule has 1 aromatic carbocycles. The van der Waals surface area contributed by atoms with Crippen molar-refractivity contribution < 1.29 is 22.6 Å². The molecule has 2 aliphatic heterocycles. The van der Waals surface area contributed by atoms with Gasteiger partial charge in [0.1, 0.15) is 11.4 Å². The lowest BCUT2D eigenvalue weighted by atomic mass is 10.1. The number of ether oxygens (including phenoxy) is 3. The first kappa shape index (κ1) is 24.3. The lowest BCUT2D eigenvalue weighted by molar-refractivity contribution is 0.174. The van der Waals surface area contributed by atoms with E-state index in [0.717, 1.165) is 48.3 Å². The van der Waals surface area contributed by atoms with Crippen LogP contribution < -0.4 is 19.5 Å². The Kier molecular flexibility index (Phi) is 6.99. The number of anilines is 1. The maximum absolute atomic E-state index is 11.7. The summed E-state index contributed by atoms with van der Waals surface area (Å²) in [5.74, 6) is 1.85. The zero-order chi connectivity index (χ0) is 25.1. The first-order valence-corrected chi connectivity index (χ1v) is 13.7. The molecule has 2 aliphatic rings. The molecule has 12 heteroatoms. The standard InChI is InChI=1S/C24H30N6O5S/c1-33-21-14-20-19(24(28-16-27-20)35-18-12-17-4-5-25-23(17)26-15-18)13-22(21)34-11-3-6-29-7-9-30(10-8-29)36(2,31)32/h4-5,12-16,24H,3,6-11H2,1-2H3,(H,25,26)(H,27,28). The number of rotatable bonds is 9. The summed E-state index contributed by atoms with van der Waals surface area (Å²) >= 11 is 0. The molecule has 4 heterocycles. The molecule has 1 atom stereocenters. The number of sulfonamides is 1. The lowest BCUT2D eigenvalue weighted by Crippen LogP contribution is -2.48. The Bertz CT molecular complexity index is 1350. The van der Waals surface area contributed by atoms with Crippen LogP contribution in [0.4, 0.5) is 5.69 Å². The summed E-state index contributed by atoms with van der Waals surface area (Å²) in [4.78, 5) is 14.2. The molecule has 2 N–H and O–H groups in total. The number of aromatic nitrogens is 2. The van der Waals surface area contributed by atoms with E-state index in [1.807, 2.05) is 30.5 Å². The van der Waals surface area contributed by atoms with Crippen molar-refractivity contribution in [3.05, 3.63) is 42.2 Å². The van der Waals surface area contributed by atoms with Gasteiger partial charge in [0, 0.05) is 55.9 Å². The Labute approximate surface area is 210 Å². The van der Waals surface area contributed by atoms with E-state index in [0.29, 0.717) is 36.9 Å². The fourth-order valence-electron chi connectivity index (χ4n) is 4.39. The maximum atomic E-state index is 11.7. The monoisotopic (exact) mass is 514 g/mol. The number of nitrogens with one attached hydrogen (secondary N) is 2. The molecule has 0 aliphatic carbocycles. The number of aromatic amines is 1. The zero-order valence-corrected chi connectivity index (χ0v) is 21.1. The highest BCUT2D eigenvalue weighted by molar-refractivity contribution is 7.88. The van der Waals surface area contributed by atoms with Gasteiger partial charge < -0.3 is 29.4 Å². The van der Waals surface area contributed by atoms with E-state index in [9.17, 15) is 8.42 Å². The summed E-state index contributed by atoms with van der Waals surface area (Å²) in [6.07, 6.45) is 6.63. The minimum absolute atomic E-state index is 0.498. The van der Waals surface area contributed by atoms with Crippen molar-refractivity contribution in [2.75, 3.05) is 58.0 Å². The topological polar surface area (TPSA) is 121 Å². The second-order valence-corrected chi connectivity index (χ2v) is 10.8. The van der Waals surface area contributed by atoms with Crippen LogP contribution in [0.1, 0.15) is 18.2 Å². The van der Waals surface area contributed by atoms with Gasteiger partial charge in [-0.05, 0) is 24.6 Å². The van der Waals surface area contributed by atoms with Crippen molar-refractivity contribution in [2.24, 2.45) is 4.99 Å².